The minimum absolute atomic E-state index is 0.0215. The maximum absolute atomic E-state index is 10.7. The van der Waals surface area contributed by atoms with Gasteiger partial charge in [0.1, 0.15) is 5.69 Å². The topological polar surface area (TPSA) is 119 Å². The SMILES string of the molecule is O=[N+]([O-])c1cccc(NCCO)c1[N+](=O)[O-]. The fourth-order valence-corrected chi connectivity index (χ4v) is 1.20. The Labute approximate surface area is 89.8 Å². The van der Waals surface area contributed by atoms with Crippen LogP contribution in [0.3, 0.4) is 0 Å². The standard InChI is InChI=1S/C8H9N3O5/c12-5-4-9-6-2-1-3-7(10(13)14)8(6)11(15)16/h1-3,9,12H,4-5H2. The number of nitro groups is 2. The summed E-state index contributed by atoms with van der Waals surface area (Å²) in [6.45, 7) is -0.137. The van der Waals surface area contributed by atoms with Gasteiger partial charge in [0.15, 0.2) is 0 Å². The molecule has 0 amide bonds. The molecule has 0 atom stereocenters. The molecule has 86 valence electrons. The third-order valence-electron chi connectivity index (χ3n) is 1.82. The van der Waals surface area contributed by atoms with E-state index in [2.05, 4.69) is 5.32 Å². The number of hydrogen-bond donors (Lipinski definition) is 2. The van der Waals surface area contributed by atoms with Crippen LogP contribution in [0.1, 0.15) is 0 Å². The molecule has 1 aromatic carbocycles. The van der Waals surface area contributed by atoms with Gasteiger partial charge in [0.25, 0.3) is 0 Å². The first-order valence-electron chi connectivity index (χ1n) is 4.34. The van der Waals surface area contributed by atoms with Gasteiger partial charge in [0, 0.05) is 12.6 Å². The van der Waals surface area contributed by atoms with E-state index >= 15 is 0 Å². The van der Waals surface area contributed by atoms with E-state index in [1.807, 2.05) is 0 Å². The number of para-hydroxylation sites is 1. The summed E-state index contributed by atoms with van der Waals surface area (Å²) in [5.41, 5.74) is -1.15. The van der Waals surface area contributed by atoms with Crippen LogP contribution in [0.4, 0.5) is 17.1 Å². The van der Waals surface area contributed by atoms with E-state index in [4.69, 9.17) is 5.11 Å². The zero-order chi connectivity index (χ0) is 12.1. The summed E-state index contributed by atoms with van der Waals surface area (Å²) < 4.78 is 0. The fourth-order valence-electron chi connectivity index (χ4n) is 1.20. The summed E-state index contributed by atoms with van der Waals surface area (Å²) in [6.07, 6.45) is 0. The molecule has 0 radical (unpaired) electrons. The van der Waals surface area contributed by atoms with Gasteiger partial charge in [0.2, 0.25) is 0 Å². The maximum Gasteiger partial charge on any atom is 0.368 e. The van der Waals surface area contributed by atoms with Crippen molar-refractivity contribution in [2.45, 2.75) is 0 Å². The monoisotopic (exact) mass is 227 g/mol. The van der Waals surface area contributed by atoms with Crippen molar-refractivity contribution in [3.63, 3.8) is 0 Å². The number of nitrogens with zero attached hydrogens (tertiary/aromatic N) is 2. The van der Waals surface area contributed by atoms with Crippen molar-refractivity contribution >= 4 is 17.1 Å². The lowest BCUT2D eigenvalue weighted by atomic mass is 10.2. The van der Waals surface area contributed by atoms with Crippen LogP contribution in [0.15, 0.2) is 18.2 Å². The molecular formula is C8H9N3O5. The van der Waals surface area contributed by atoms with E-state index in [1.165, 1.54) is 12.1 Å². The second-order valence-corrected chi connectivity index (χ2v) is 2.84. The van der Waals surface area contributed by atoms with Crippen molar-refractivity contribution in [3.8, 4) is 0 Å². The van der Waals surface area contributed by atoms with Crippen LogP contribution in [0.2, 0.25) is 0 Å². The highest BCUT2D eigenvalue weighted by Gasteiger charge is 2.27. The molecule has 8 nitrogen and oxygen atoms in total. The predicted octanol–water partition coefficient (Wildman–Crippen LogP) is 0.907. The van der Waals surface area contributed by atoms with Crippen molar-refractivity contribution < 1.29 is 15.0 Å². The summed E-state index contributed by atoms with van der Waals surface area (Å²) in [5.74, 6) is 0. The Bertz CT molecular complexity index is 420. The van der Waals surface area contributed by atoms with Crippen LogP contribution >= 0.6 is 0 Å². The van der Waals surface area contributed by atoms with Gasteiger partial charge in [-0.3, -0.25) is 20.2 Å². The van der Waals surface area contributed by atoms with Crippen LogP contribution in [-0.2, 0) is 0 Å². The molecule has 0 saturated heterocycles. The van der Waals surface area contributed by atoms with Crippen molar-refractivity contribution in [1.29, 1.82) is 0 Å². The van der Waals surface area contributed by atoms with Crippen LogP contribution in [-0.4, -0.2) is 28.1 Å². The lowest BCUT2D eigenvalue weighted by Crippen LogP contribution is -2.08. The smallest absolute Gasteiger partial charge is 0.368 e. The van der Waals surface area contributed by atoms with Crippen molar-refractivity contribution in [1.82, 2.24) is 0 Å². The Morgan fingerprint density at radius 3 is 2.44 bits per heavy atom. The molecular weight excluding hydrogens is 218 g/mol. The van der Waals surface area contributed by atoms with E-state index in [1.54, 1.807) is 0 Å². The number of nitro benzene ring substituents is 2. The first-order chi connectivity index (χ1) is 7.57. The second-order valence-electron chi connectivity index (χ2n) is 2.84. The summed E-state index contributed by atoms with van der Waals surface area (Å²) in [4.78, 5) is 19.6. The first kappa shape index (κ1) is 11.9. The van der Waals surface area contributed by atoms with Gasteiger partial charge in [0.05, 0.1) is 16.5 Å². The fraction of sp³-hybridized carbons (Fsp3) is 0.250. The van der Waals surface area contributed by atoms with Crippen molar-refractivity contribution in [3.05, 3.63) is 38.4 Å². The van der Waals surface area contributed by atoms with Gasteiger partial charge in [-0.1, -0.05) is 6.07 Å². The quantitative estimate of drug-likeness (QED) is 0.569. The normalized spacial score (nSPS) is 9.81. The zero-order valence-corrected chi connectivity index (χ0v) is 8.12. The predicted molar refractivity (Wildman–Crippen MR) is 55.3 cm³/mol. The molecule has 16 heavy (non-hydrogen) atoms. The summed E-state index contributed by atoms with van der Waals surface area (Å²) in [6, 6.07) is 3.74. The zero-order valence-electron chi connectivity index (χ0n) is 8.12. The number of aliphatic hydroxyl groups is 1. The van der Waals surface area contributed by atoms with E-state index in [0.717, 1.165) is 6.07 Å². The molecule has 0 spiro atoms. The number of hydrogen-bond acceptors (Lipinski definition) is 6. The highest BCUT2D eigenvalue weighted by Crippen LogP contribution is 2.33. The Morgan fingerprint density at radius 2 is 1.94 bits per heavy atom. The number of aliphatic hydroxyl groups excluding tert-OH is 1. The first-order valence-corrected chi connectivity index (χ1v) is 4.34. The molecule has 1 rings (SSSR count). The van der Waals surface area contributed by atoms with Crippen LogP contribution in [0, 0.1) is 20.2 Å². The van der Waals surface area contributed by atoms with E-state index in [9.17, 15) is 20.2 Å². The Hall–Kier alpha value is -2.22. The summed E-state index contributed by atoms with van der Waals surface area (Å²) >= 11 is 0. The molecule has 0 bridgehead atoms. The molecule has 0 fully saturated rings. The van der Waals surface area contributed by atoms with Crippen molar-refractivity contribution in [2.75, 3.05) is 18.5 Å². The van der Waals surface area contributed by atoms with Crippen LogP contribution in [0.5, 0.6) is 0 Å². The van der Waals surface area contributed by atoms with Gasteiger partial charge in [-0.15, -0.1) is 0 Å². The molecule has 0 aliphatic rings. The lowest BCUT2D eigenvalue weighted by molar-refractivity contribution is -0.421. The van der Waals surface area contributed by atoms with Gasteiger partial charge in [-0.25, -0.2) is 0 Å². The van der Waals surface area contributed by atoms with E-state index in [-0.39, 0.29) is 18.8 Å². The van der Waals surface area contributed by atoms with Crippen LogP contribution < -0.4 is 5.32 Å². The van der Waals surface area contributed by atoms with Crippen LogP contribution in [0.25, 0.3) is 0 Å². The summed E-state index contributed by atoms with van der Waals surface area (Å²) in [7, 11) is 0. The maximum atomic E-state index is 10.7. The third kappa shape index (κ3) is 2.42. The van der Waals surface area contributed by atoms with Gasteiger partial charge >= 0.3 is 11.4 Å². The number of anilines is 1. The Kier molecular flexibility index (Phi) is 3.72. The largest absolute Gasteiger partial charge is 0.395 e. The minimum Gasteiger partial charge on any atom is -0.395 e. The lowest BCUT2D eigenvalue weighted by Gasteiger charge is -2.04. The highest BCUT2D eigenvalue weighted by molar-refractivity contribution is 5.71. The molecule has 0 aromatic heterocycles. The number of rotatable bonds is 5. The average Bonchev–Trinajstić information content (AvgIpc) is 2.25. The average molecular weight is 227 g/mol. The molecule has 0 aliphatic heterocycles. The van der Waals surface area contributed by atoms with Gasteiger partial charge in [-0.05, 0) is 6.07 Å². The van der Waals surface area contributed by atoms with E-state index < -0.39 is 21.2 Å². The molecule has 8 heteroatoms. The molecule has 1 aromatic rings. The molecule has 0 aliphatic carbocycles. The summed E-state index contributed by atoms with van der Waals surface area (Å²) in [5, 5.41) is 32.4. The second kappa shape index (κ2) is 5.03. The van der Waals surface area contributed by atoms with Crippen molar-refractivity contribution in [2.24, 2.45) is 0 Å². The van der Waals surface area contributed by atoms with Gasteiger partial charge < -0.3 is 10.4 Å². The Morgan fingerprint density at radius 1 is 1.25 bits per heavy atom. The highest BCUT2D eigenvalue weighted by atomic mass is 16.6. The number of nitrogens with one attached hydrogen (secondary N) is 1. The molecule has 2 N–H and O–H groups in total. The third-order valence-corrected chi connectivity index (χ3v) is 1.82. The Balaban J connectivity index is 3.21. The molecule has 0 heterocycles. The molecule has 0 saturated carbocycles. The van der Waals surface area contributed by atoms with E-state index in [0.29, 0.717) is 0 Å². The minimum atomic E-state index is -0.822. The number of benzene rings is 1. The molecule has 0 unspecified atom stereocenters. The van der Waals surface area contributed by atoms with Gasteiger partial charge in [-0.2, -0.15) is 0 Å².